The van der Waals surface area contributed by atoms with Crippen LogP contribution in [0.15, 0.2) is 24.3 Å². The molecule has 0 fully saturated rings. The number of carbonyl (C=O) groups is 2. The first-order valence-electron chi connectivity index (χ1n) is 6.77. The summed E-state index contributed by atoms with van der Waals surface area (Å²) in [5, 5.41) is 11.6. The SMILES string of the molecule is CC[C@H](C)[C@H](NC(=O)COc1ccc(OC)cc1)C(=O)O. The number of rotatable bonds is 8. The third-order valence-corrected chi connectivity index (χ3v) is 3.22. The minimum absolute atomic E-state index is 0.146. The Balaban J connectivity index is 2.50. The molecule has 2 atom stereocenters. The van der Waals surface area contributed by atoms with E-state index in [4.69, 9.17) is 14.6 Å². The summed E-state index contributed by atoms with van der Waals surface area (Å²) < 4.78 is 10.3. The maximum atomic E-state index is 11.8. The molecule has 0 bridgehead atoms. The highest BCUT2D eigenvalue weighted by molar-refractivity contribution is 5.84. The van der Waals surface area contributed by atoms with Crippen molar-refractivity contribution in [3.63, 3.8) is 0 Å². The summed E-state index contributed by atoms with van der Waals surface area (Å²) in [6, 6.07) is 5.88. The Morgan fingerprint density at radius 3 is 2.29 bits per heavy atom. The second-order valence-corrected chi connectivity index (χ2v) is 4.73. The smallest absolute Gasteiger partial charge is 0.326 e. The number of amides is 1. The van der Waals surface area contributed by atoms with Crippen molar-refractivity contribution in [1.29, 1.82) is 0 Å². The van der Waals surface area contributed by atoms with Crippen LogP contribution in [0.25, 0.3) is 0 Å². The van der Waals surface area contributed by atoms with Gasteiger partial charge in [0, 0.05) is 0 Å². The molecule has 0 aliphatic heterocycles. The third kappa shape index (κ3) is 5.33. The highest BCUT2D eigenvalue weighted by Crippen LogP contribution is 2.16. The van der Waals surface area contributed by atoms with Gasteiger partial charge >= 0.3 is 5.97 Å². The molecule has 0 aromatic heterocycles. The van der Waals surface area contributed by atoms with Crippen LogP contribution in [0.3, 0.4) is 0 Å². The van der Waals surface area contributed by atoms with Crippen molar-refractivity contribution in [1.82, 2.24) is 5.32 Å². The van der Waals surface area contributed by atoms with Crippen molar-refractivity contribution in [3.05, 3.63) is 24.3 Å². The van der Waals surface area contributed by atoms with E-state index in [1.807, 2.05) is 6.92 Å². The van der Waals surface area contributed by atoms with Gasteiger partial charge < -0.3 is 19.9 Å². The largest absolute Gasteiger partial charge is 0.497 e. The molecule has 1 aromatic carbocycles. The molecule has 1 amide bonds. The topological polar surface area (TPSA) is 84.9 Å². The number of hydrogen-bond acceptors (Lipinski definition) is 4. The maximum absolute atomic E-state index is 11.8. The van der Waals surface area contributed by atoms with E-state index in [0.29, 0.717) is 17.9 Å². The number of hydrogen-bond donors (Lipinski definition) is 2. The Morgan fingerprint density at radius 1 is 1.24 bits per heavy atom. The number of benzene rings is 1. The zero-order chi connectivity index (χ0) is 15.8. The van der Waals surface area contributed by atoms with E-state index in [1.54, 1.807) is 38.3 Å². The van der Waals surface area contributed by atoms with Crippen molar-refractivity contribution in [3.8, 4) is 11.5 Å². The molecule has 0 aliphatic carbocycles. The van der Waals surface area contributed by atoms with Gasteiger partial charge in [0.25, 0.3) is 5.91 Å². The predicted molar refractivity (Wildman–Crippen MR) is 77.5 cm³/mol. The highest BCUT2D eigenvalue weighted by Gasteiger charge is 2.25. The van der Waals surface area contributed by atoms with Crippen LogP contribution in [0.4, 0.5) is 0 Å². The van der Waals surface area contributed by atoms with Crippen LogP contribution in [-0.4, -0.2) is 36.7 Å². The molecular formula is C15H21NO5. The standard InChI is InChI=1S/C15H21NO5/c1-4-10(2)14(15(18)19)16-13(17)9-21-12-7-5-11(20-3)6-8-12/h5-8,10,14H,4,9H2,1-3H3,(H,16,17)(H,18,19)/t10-,14-/m0/s1. The molecule has 0 spiro atoms. The molecule has 21 heavy (non-hydrogen) atoms. The minimum Gasteiger partial charge on any atom is -0.497 e. The second-order valence-electron chi connectivity index (χ2n) is 4.73. The molecule has 6 nitrogen and oxygen atoms in total. The van der Waals surface area contributed by atoms with Crippen LogP contribution in [0.1, 0.15) is 20.3 Å². The van der Waals surface area contributed by atoms with Crippen LogP contribution >= 0.6 is 0 Å². The number of carboxylic acids is 1. The van der Waals surface area contributed by atoms with Crippen LogP contribution in [-0.2, 0) is 9.59 Å². The van der Waals surface area contributed by atoms with Crippen LogP contribution < -0.4 is 14.8 Å². The van der Waals surface area contributed by atoms with Gasteiger partial charge in [-0.25, -0.2) is 4.79 Å². The number of ether oxygens (including phenoxy) is 2. The average Bonchev–Trinajstić information content (AvgIpc) is 2.50. The molecule has 6 heteroatoms. The van der Waals surface area contributed by atoms with Crippen molar-refractivity contribution >= 4 is 11.9 Å². The molecular weight excluding hydrogens is 274 g/mol. The average molecular weight is 295 g/mol. The summed E-state index contributed by atoms with van der Waals surface area (Å²) in [4.78, 5) is 22.9. The van der Waals surface area contributed by atoms with Gasteiger partial charge in [-0.1, -0.05) is 20.3 Å². The number of methoxy groups -OCH3 is 1. The van der Waals surface area contributed by atoms with E-state index < -0.39 is 17.9 Å². The van der Waals surface area contributed by atoms with Crippen LogP contribution in [0.5, 0.6) is 11.5 Å². The van der Waals surface area contributed by atoms with Crippen molar-refractivity contribution in [2.75, 3.05) is 13.7 Å². The fourth-order valence-electron chi connectivity index (χ4n) is 1.72. The molecule has 0 unspecified atom stereocenters. The molecule has 116 valence electrons. The van der Waals surface area contributed by atoms with Gasteiger partial charge in [0.1, 0.15) is 17.5 Å². The maximum Gasteiger partial charge on any atom is 0.326 e. The molecule has 0 saturated carbocycles. The highest BCUT2D eigenvalue weighted by atomic mass is 16.5. The lowest BCUT2D eigenvalue weighted by Gasteiger charge is -2.20. The Bertz CT molecular complexity index is 471. The van der Waals surface area contributed by atoms with E-state index in [0.717, 1.165) is 0 Å². The van der Waals surface area contributed by atoms with Crippen LogP contribution in [0.2, 0.25) is 0 Å². The van der Waals surface area contributed by atoms with Gasteiger partial charge in [0.2, 0.25) is 0 Å². The van der Waals surface area contributed by atoms with Gasteiger partial charge in [0.15, 0.2) is 6.61 Å². The van der Waals surface area contributed by atoms with Gasteiger partial charge in [0.05, 0.1) is 7.11 Å². The molecule has 1 rings (SSSR count). The summed E-state index contributed by atoms with van der Waals surface area (Å²) in [7, 11) is 1.56. The summed E-state index contributed by atoms with van der Waals surface area (Å²) in [5.74, 6) is -0.441. The Kier molecular flexibility index (Phi) is 6.52. The summed E-state index contributed by atoms with van der Waals surface area (Å²) in [6.07, 6.45) is 0.663. The number of nitrogens with one attached hydrogen (secondary N) is 1. The van der Waals surface area contributed by atoms with Gasteiger partial charge in [-0.05, 0) is 30.2 Å². The summed E-state index contributed by atoms with van der Waals surface area (Å²) >= 11 is 0. The second kappa shape index (κ2) is 8.14. The molecule has 0 radical (unpaired) electrons. The quantitative estimate of drug-likeness (QED) is 0.762. The first-order valence-corrected chi connectivity index (χ1v) is 6.77. The van der Waals surface area contributed by atoms with Gasteiger partial charge in [-0.3, -0.25) is 4.79 Å². The monoisotopic (exact) mass is 295 g/mol. The first kappa shape index (κ1) is 16.8. The lowest BCUT2D eigenvalue weighted by atomic mass is 9.99. The fraction of sp³-hybridized carbons (Fsp3) is 0.467. The lowest BCUT2D eigenvalue weighted by Crippen LogP contribution is -2.46. The molecule has 2 N–H and O–H groups in total. The zero-order valence-electron chi connectivity index (χ0n) is 12.5. The fourth-order valence-corrected chi connectivity index (χ4v) is 1.72. The molecule has 0 aliphatic rings. The van der Waals surface area contributed by atoms with Crippen LogP contribution in [0, 0.1) is 5.92 Å². The minimum atomic E-state index is -1.04. The van der Waals surface area contributed by atoms with E-state index in [2.05, 4.69) is 5.32 Å². The Morgan fingerprint density at radius 2 is 1.81 bits per heavy atom. The van der Waals surface area contributed by atoms with Gasteiger partial charge in [-0.15, -0.1) is 0 Å². The van der Waals surface area contributed by atoms with E-state index in [1.165, 1.54) is 0 Å². The normalized spacial score (nSPS) is 13.1. The predicted octanol–water partition coefficient (Wildman–Crippen LogP) is 1.69. The van der Waals surface area contributed by atoms with E-state index in [-0.39, 0.29) is 12.5 Å². The molecule has 0 saturated heterocycles. The number of carboxylic acid groups (broad SMARTS) is 1. The molecule has 1 aromatic rings. The summed E-state index contributed by atoms with van der Waals surface area (Å²) in [5.41, 5.74) is 0. The van der Waals surface area contributed by atoms with E-state index in [9.17, 15) is 9.59 Å². The molecule has 0 heterocycles. The van der Waals surface area contributed by atoms with Gasteiger partial charge in [-0.2, -0.15) is 0 Å². The Labute approximate surface area is 124 Å². The summed E-state index contributed by atoms with van der Waals surface area (Å²) in [6.45, 7) is 3.43. The van der Waals surface area contributed by atoms with Crippen molar-refractivity contribution in [2.45, 2.75) is 26.3 Å². The van der Waals surface area contributed by atoms with Crippen molar-refractivity contribution in [2.24, 2.45) is 5.92 Å². The van der Waals surface area contributed by atoms with Crippen molar-refractivity contribution < 1.29 is 24.2 Å². The van der Waals surface area contributed by atoms with E-state index >= 15 is 0 Å². The Hall–Kier alpha value is -2.24. The third-order valence-electron chi connectivity index (χ3n) is 3.22. The number of aliphatic carboxylic acids is 1. The zero-order valence-corrected chi connectivity index (χ0v) is 12.5. The first-order chi connectivity index (χ1) is 9.97. The number of carbonyl (C=O) groups excluding carboxylic acids is 1. The lowest BCUT2D eigenvalue weighted by molar-refractivity contribution is -0.143.